The molecule has 8 nitrogen and oxygen atoms in total. The SMILES string of the molecule is COCCCNC(=O)CN(C)C(=O)c1cc(S(=O)(=O)N2CCCC2)ccc1Br. The van der Waals surface area contributed by atoms with E-state index in [1.54, 1.807) is 13.2 Å². The van der Waals surface area contributed by atoms with Gasteiger partial charge in [0.15, 0.2) is 0 Å². The van der Waals surface area contributed by atoms with Crippen molar-refractivity contribution in [3.8, 4) is 0 Å². The minimum Gasteiger partial charge on any atom is -0.385 e. The molecule has 1 aromatic rings. The van der Waals surface area contributed by atoms with Crippen molar-refractivity contribution >= 4 is 37.8 Å². The summed E-state index contributed by atoms with van der Waals surface area (Å²) < 4.78 is 32.3. The van der Waals surface area contributed by atoms with Crippen LogP contribution in [0.4, 0.5) is 0 Å². The van der Waals surface area contributed by atoms with E-state index in [0.717, 1.165) is 12.8 Å². The molecule has 1 fully saturated rings. The van der Waals surface area contributed by atoms with Gasteiger partial charge in [0.25, 0.3) is 5.91 Å². The second-order valence-electron chi connectivity index (χ2n) is 6.61. The topological polar surface area (TPSA) is 96.0 Å². The number of nitrogens with one attached hydrogen (secondary N) is 1. The largest absolute Gasteiger partial charge is 0.385 e. The number of halogens is 1. The Balaban J connectivity index is 2.09. The van der Waals surface area contributed by atoms with Crippen LogP contribution in [0.15, 0.2) is 27.6 Å². The summed E-state index contributed by atoms with van der Waals surface area (Å²) in [6.07, 6.45) is 2.36. The molecule has 0 aliphatic carbocycles. The van der Waals surface area contributed by atoms with Crippen molar-refractivity contribution in [2.45, 2.75) is 24.2 Å². The third kappa shape index (κ3) is 5.76. The Kier molecular flexibility index (Phi) is 8.41. The smallest absolute Gasteiger partial charge is 0.255 e. The lowest BCUT2D eigenvalue weighted by Crippen LogP contribution is -2.39. The number of likely N-dealkylation sites (N-methyl/N-ethyl adjacent to an activating group) is 1. The fourth-order valence-electron chi connectivity index (χ4n) is 2.90. The van der Waals surface area contributed by atoms with Crippen molar-refractivity contribution in [1.29, 1.82) is 0 Å². The Morgan fingerprint density at radius 3 is 2.61 bits per heavy atom. The maximum atomic E-state index is 12.8. The molecule has 0 aromatic heterocycles. The van der Waals surface area contributed by atoms with E-state index in [2.05, 4.69) is 21.2 Å². The van der Waals surface area contributed by atoms with Crippen molar-refractivity contribution in [3.05, 3.63) is 28.2 Å². The molecule has 156 valence electrons. The van der Waals surface area contributed by atoms with Gasteiger partial charge in [0, 0.05) is 44.9 Å². The molecule has 0 radical (unpaired) electrons. The minimum atomic E-state index is -3.63. The molecule has 1 N–H and O–H groups in total. The molecule has 1 heterocycles. The molecule has 2 amide bonds. The molecule has 1 aliphatic rings. The molecule has 28 heavy (non-hydrogen) atoms. The molecule has 1 aliphatic heterocycles. The van der Waals surface area contributed by atoms with Crippen LogP contribution < -0.4 is 5.32 Å². The molecular weight excluding hydrogens is 450 g/mol. The number of ether oxygens (including phenoxy) is 1. The van der Waals surface area contributed by atoms with E-state index >= 15 is 0 Å². The third-order valence-corrected chi connectivity index (χ3v) is 7.03. The molecule has 0 unspecified atom stereocenters. The van der Waals surface area contributed by atoms with Gasteiger partial charge < -0.3 is 15.0 Å². The van der Waals surface area contributed by atoms with Crippen LogP contribution in [0.5, 0.6) is 0 Å². The first-order valence-electron chi connectivity index (χ1n) is 9.08. The summed E-state index contributed by atoms with van der Waals surface area (Å²) in [6.45, 7) is 1.86. The highest BCUT2D eigenvalue weighted by Crippen LogP contribution is 2.26. The van der Waals surface area contributed by atoms with Crippen molar-refractivity contribution in [1.82, 2.24) is 14.5 Å². The summed E-state index contributed by atoms with van der Waals surface area (Å²) in [7, 11) is -0.535. The van der Waals surface area contributed by atoms with Crippen LogP contribution in [0.25, 0.3) is 0 Å². The average Bonchev–Trinajstić information content (AvgIpc) is 3.20. The number of nitrogens with zero attached hydrogens (tertiary/aromatic N) is 2. The Morgan fingerprint density at radius 1 is 1.29 bits per heavy atom. The molecule has 0 saturated carbocycles. The van der Waals surface area contributed by atoms with E-state index in [0.29, 0.717) is 37.1 Å². The highest BCUT2D eigenvalue weighted by Gasteiger charge is 2.28. The molecule has 0 bridgehead atoms. The fraction of sp³-hybridized carbons (Fsp3) is 0.556. The molecule has 1 aromatic carbocycles. The Labute approximate surface area is 174 Å². The van der Waals surface area contributed by atoms with Crippen LogP contribution in [0.2, 0.25) is 0 Å². The predicted octanol–water partition coefficient (Wildman–Crippen LogP) is 1.46. The van der Waals surface area contributed by atoms with Gasteiger partial charge in [-0.15, -0.1) is 0 Å². The molecule has 1 saturated heterocycles. The van der Waals surface area contributed by atoms with E-state index in [9.17, 15) is 18.0 Å². The van der Waals surface area contributed by atoms with E-state index in [1.807, 2.05) is 0 Å². The number of carbonyl (C=O) groups excluding carboxylic acids is 2. The number of benzene rings is 1. The van der Waals surface area contributed by atoms with Crippen LogP contribution in [0, 0.1) is 0 Å². The summed E-state index contributed by atoms with van der Waals surface area (Å²) in [5.74, 6) is -0.721. The predicted molar refractivity (Wildman–Crippen MR) is 109 cm³/mol. The quantitative estimate of drug-likeness (QED) is 0.545. The van der Waals surface area contributed by atoms with Gasteiger partial charge in [-0.25, -0.2) is 8.42 Å². The van der Waals surface area contributed by atoms with Gasteiger partial charge in [0.05, 0.1) is 17.0 Å². The van der Waals surface area contributed by atoms with Gasteiger partial charge in [-0.2, -0.15) is 4.31 Å². The lowest BCUT2D eigenvalue weighted by Gasteiger charge is -2.19. The first-order chi connectivity index (χ1) is 13.3. The Hall–Kier alpha value is -1.49. The van der Waals surface area contributed by atoms with Crippen molar-refractivity contribution < 1.29 is 22.7 Å². The van der Waals surface area contributed by atoms with Crippen LogP contribution in [-0.2, 0) is 19.6 Å². The zero-order valence-electron chi connectivity index (χ0n) is 16.1. The summed E-state index contributed by atoms with van der Waals surface area (Å²) >= 11 is 3.30. The summed E-state index contributed by atoms with van der Waals surface area (Å²) in [5, 5.41) is 2.71. The maximum absolute atomic E-state index is 12.8. The first kappa shape index (κ1) is 22.8. The van der Waals surface area contributed by atoms with Gasteiger partial charge in [-0.05, 0) is 53.4 Å². The average molecular weight is 476 g/mol. The highest BCUT2D eigenvalue weighted by atomic mass is 79.9. The monoisotopic (exact) mass is 475 g/mol. The summed E-state index contributed by atoms with van der Waals surface area (Å²) in [4.78, 5) is 26.1. The lowest BCUT2D eigenvalue weighted by atomic mass is 10.2. The number of hydrogen-bond donors (Lipinski definition) is 1. The van der Waals surface area contributed by atoms with Gasteiger partial charge in [0.2, 0.25) is 15.9 Å². The van der Waals surface area contributed by atoms with E-state index in [4.69, 9.17) is 4.74 Å². The molecule has 2 rings (SSSR count). The van der Waals surface area contributed by atoms with E-state index in [1.165, 1.54) is 28.4 Å². The zero-order chi connectivity index (χ0) is 20.7. The van der Waals surface area contributed by atoms with Crippen LogP contribution in [-0.4, -0.2) is 76.4 Å². The normalized spacial score (nSPS) is 14.8. The third-order valence-electron chi connectivity index (χ3n) is 4.45. The number of rotatable bonds is 9. The minimum absolute atomic E-state index is 0.0818. The maximum Gasteiger partial charge on any atom is 0.255 e. The Morgan fingerprint density at radius 2 is 1.96 bits per heavy atom. The van der Waals surface area contributed by atoms with Gasteiger partial charge in [-0.1, -0.05) is 0 Å². The van der Waals surface area contributed by atoms with Crippen LogP contribution >= 0.6 is 15.9 Å². The lowest BCUT2D eigenvalue weighted by molar-refractivity contribution is -0.121. The molecule has 0 atom stereocenters. The zero-order valence-corrected chi connectivity index (χ0v) is 18.5. The van der Waals surface area contributed by atoms with Crippen molar-refractivity contribution in [2.24, 2.45) is 0 Å². The van der Waals surface area contributed by atoms with E-state index < -0.39 is 15.9 Å². The standard InChI is InChI=1S/C18H26BrN3O5S/c1-21(13-17(23)20-8-5-11-27-2)18(24)15-12-14(6-7-16(15)19)28(25,26)22-9-3-4-10-22/h6-7,12H,3-5,8-11,13H2,1-2H3,(H,20,23). The second kappa shape index (κ2) is 10.3. The number of carbonyl (C=O) groups is 2. The molecule has 10 heteroatoms. The Bertz CT molecular complexity index is 809. The molecular formula is C18H26BrN3O5S. The van der Waals surface area contributed by atoms with Gasteiger partial charge in [-0.3, -0.25) is 9.59 Å². The summed E-state index contributed by atoms with van der Waals surface area (Å²) in [5.41, 5.74) is 0.204. The van der Waals surface area contributed by atoms with Gasteiger partial charge >= 0.3 is 0 Å². The summed E-state index contributed by atoms with van der Waals surface area (Å²) in [6, 6.07) is 4.40. The van der Waals surface area contributed by atoms with Crippen LogP contribution in [0.3, 0.4) is 0 Å². The number of hydrogen-bond acceptors (Lipinski definition) is 5. The second-order valence-corrected chi connectivity index (χ2v) is 9.40. The van der Waals surface area contributed by atoms with Crippen molar-refractivity contribution in [3.63, 3.8) is 0 Å². The number of sulfonamides is 1. The van der Waals surface area contributed by atoms with Crippen LogP contribution in [0.1, 0.15) is 29.6 Å². The van der Waals surface area contributed by atoms with Gasteiger partial charge in [0.1, 0.15) is 0 Å². The number of amides is 2. The highest BCUT2D eigenvalue weighted by molar-refractivity contribution is 9.10. The van der Waals surface area contributed by atoms with Crippen molar-refractivity contribution in [2.75, 3.05) is 46.9 Å². The first-order valence-corrected chi connectivity index (χ1v) is 11.3. The fourth-order valence-corrected chi connectivity index (χ4v) is 4.86. The number of methoxy groups -OCH3 is 1. The molecule has 0 spiro atoms. The van der Waals surface area contributed by atoms with E-state index in [-0.39, 0.29) is 22.9 Å².